The van der Waals surface area contributed by atoms with Crippen LogP contribution in [0.1, 0.15) is 33.6 Å². The van der Waals surface area contributed by atoms with Crippen LogP contribution >= 0.6 is 11.3 Å². The molecule has 1 aromatic rings. The number of aromatic carboxylic acids is 1. The second kappa shape index (κ2) is 6.48. The van der Waals surface area contributed by atoms with Gasteiger partial charge in [-0.2, -0.15) is 0 Å². The smallest absolute Gasteiger partial charge is 0.338 e. The molecule has 1 fully saturated rings. The van der Waals surface area contributed by atoms with E-state index in [0.29, 0.717) is 25.1 Å². The number of nitrogens with zero attached hydrogens (tertiary/aromatic N) is 1. The molecule has 0 aliphatic carbocycles. The Morgan fingerprint density at radius 1 is 1.39 bits per heavy atom. The molecular formula is C14H21N3O4S2. The minimum Gasteiger partial charge on any atom is -0.478 e. The van der Waals surface area contributed by atoms with Crippen LogP contribution in [0.4, 0.5) is 0 Å². The van der Waals surface area contributed by atoms with Gasteiger partial charge in [0.2, 0.25) is 0 Å². The Kier molecular flexibility index (Phi) is 4.75. The van der Waals surface area contributed by atoms with Crippen LogP contribution in [0.25, 0.3) is 0 Å². The van der Waals surface area contributed by atoms with Crippen LogP contribution in [-0.2, 0) is 23.0 Å². The zero-order chi connectivity index (χ0) is 16.6. The van der Waals surface area contributed by atoms with Gasteiger partial charge in [-0.1, -0.05) is 0 Å². The molecule has 3 N–H and O–H groups in total. The standard InChI is InChI=1S/C14H21N3O4S2/c1-17-6-3-9(4-7-17)16-23(20,21)14-12(13(18)19)10-2-5-15-8-11(10)22-14/h9,15-16H,2-8H2,1H3,(H,18,19). The molecule has 0 amide bonds. The lowest BCUT2D eigenvalue weighted by molar-refractivity contribution is 0.0692. The fourth-order valence-corrected chi connectivity index (χ4v) is 6.30. The zero-order valence-electron chi connectivity index (χ0n) is 13.0. The molecule has 0 bridgehead atoms. The second-order valence-corrected chi connectivity index (χ2v) is 9.11. The molecule has 0 aromatic carbocycles. The molecule has 3 rings (SSSR count). The highest BCUT2D eigenvalue weighted by Gasteiger charge is 2.33. The van der Waals surface area contributed by atoms with Crippen molar-refractivity contribution in [1.29, 1.82) is 0 Å². The van der Waals surface area contributed by atoms with E-state index in [1.807, 2.05) is 7.05 Å². The molecule has 3 heterocycles. The maximum absolute atomic E-state index is 12.7. The van der Waals surface area contributed by atoms with Crippen LogP contribution in [0.15, 0.2) is 4.21 Å². The minimum absolute atomic E-state index is 0.0353. The molecule has 1 saturated heterocycles. The first kappa shape index (κ1) is 16.8. The molecule has 0 spiro atoms. The number of fused-ring (bicyclic) bond motifs is 1. The maximum atomic E-state index is 12.7. The van der Waals surface area contributed by atoms with Gasteiger partial charge in [0.15, 0.2) is 0 Å². The van der Waals surface area contributed by atoms with Gasteiger partial charge in [-0.25, -0.2) is 17.9 Å². The number of carboxylic acid groups (broad SMARTS) is 1. The molecule has 2 aliphatic rings. The average Bonchev–Trinajstić information content (AvgIpc) is 2.90. The Bertz CT molecular complexity index is 706. The summed E-state index contributed by atoms with van der Waals surface area (Å²) in [7, 11) is -1.80. The fourth-order valence-electron chi connectivity index (χ4n) is 3.11. The lowest BCUT2D eigenvalue weighted by Crippen LogP contribution is -2.43. The average molecular weight is 359 g/mol. The van der Waals surface area contributed by atoms with Crippen LogP contribution in [-0.4, -0.2) is 57.1 Å². The van der Waals surface area contributed by atoms with Gasteiger partial charge in [0.1, 0.15) is 4.21 Å². The predicted molar refractivity (Wildman–Crippen MR) is 87.5 cm³/mol. The van der Waals surface area contributed by atoms with Gasteiger partial charge in [0.25, 0.3) is 10.0 Å². The molecule has 2 aliphatic heterocycles. The minimum atomic E-state index is -3.81. The first-order chi connectivity index (χ1) is 10.9. The van der Waals surface area contributed by atoms with E-state index in [9.17, 15) is 18.3 Å². The van der Waals surface area contributed by atoms with Crippen molar-refractivity contribution < 1.29 is 18.3 Å². The van der Waals surface area contributed by atoms with Gasteiger partial charge < -0.3 is 15.3 Å². The maximum Gasteiger partial charge on any atom is 0.338 e. The monoisotopic (exact) mass is 359 g/mol. The number of likely N-dealkylation sites (tertiary alicyclic amines) is 1. The first-order valence-electron chi connectivity index (χ1n) is 7.68. The van der Waals surface area contributed by atoms with Crippen molar-refractivity contribution in [2.45, 2.75) is 36.1 Å². The Hall–Kier alpha value is -1.00. The third-order valence-corrected chi connectivity index (χ3v) is 7.66. The highest BCUT2D eigenvalue weighted by Crippen LogP contribution is 2.34. The summed E-state index contributed by atoms with van der Waals surface area (Å²) in [5, 5.41) is 12.7. The molecule has 0 saturated carbocycles. The lowest BCUT2D eigenvalue weighted by Gasteiger charge is -2.29. The van der Waals surface area contributed by atoms with Crippen molar-refractivity contribution >= 4 is 27.3 Å². The van der Waals surface area contributed by atoms with E-state index in [1.54, 1.807) is 0 Å². The van der Waals surface area contributed by atoms with Gasteiger partial charge in [-0.15, -0.1) is 11.3 Å². The van der Waals surface area contributed by atoms with Crippen LogP contribution in [0.2, 0.25) is 0 Å². The van der Waals surface area contributed by atoms with Gasteiger partial charge in [-0.3, -0.25) is 0 Å². The van der Waals surface area contributed by atoms with Gasteiger partial charge in [0.05, 0.1) is 5.56 Å². The summed E-state index contributed by atoms with van der Waals surface area (Å²) < 4.78 is 28.1. The highest BCUT2D eigenvalue weighted by atomic mass is 32.2. The van der Waals surface area contributed by atoms with Crippen LogP contribution in [0, 0.1) is 0 Å². The van der Waals surface area contributed by atoms with Crippen LogP contribution in [0.3, 0.4) is 0 Å². The number of sulfonamides is 1. The largest absolute Gasteiger partial charge is 0.478 e. The van der Waals surface area contributed by atoms with Crippen molar-refractivity contribution in [3.05, 3.63) is 16.0 Å². The molecular weight excluding hydrogens is 338 g/mol. The molecule has 23 heavy (non-hydrogen) atoms. The number of carboxylic acids is 1. The number of carbonyl (C=O) groups is 1. The van der Waals surface area contributed by atoms with Crippen LogP contribution < -0.4 is 10.0 Å². The molecule has 128 valence electrons. The van der Waals surface area contributed by atoms with E-state index in [2.05, 4.69) is 14.9 Å². The Labute approximate surface area is 139 Å². The van der Waals surface area contributed by atoms with Crippen molar-refractivity contribution in [3.8, 4) is 0 Å². The lowest BCUT2D eigenvalue weighted by atomic mass is 10.1. The summed E-state index contributed by atoms with van der Waals surface area (Å²) in [6.07, 6.45) is 2.03. The van der Waals surface area contributed by atoms with E-state index in [4.69, 9.17) is 0 Å². The summed E-state index contributed by atoms with van der Waals surface area (Å²) >= 11 is 1.08. The van der Waals surface area contributed by atoms with Crippen molar-refractivity contribution in [2.75, 3.05) is 26.7 Å². The van der Waals surface area contributed by atoms with Crippen LogP contribution in [0.5, 0.6) is 0 Å². The summed E-state index contributed by atoms with van der Waals surface area (Å²) in [5.41, 5.74) is 0.636. The summed E-state index contributed by atoms with van der Waals surface area (Å²) in [6.45, 7) is 2.88. The number of thiophene rings is 1. The van der Waals surface area contributed by atoms with E-state index >= 15 is 0 Å². The third kappa shape index (κ3) is 3.43. The Balaban J connectivity index is 1.90. The molecule has 7 nitrogen and oxygen atoms in total. The van der Waals surface area contributed by atoms with Gasteiger partial charge in [-0.05, 0) is 51.5 Å². The highest BCUT2D eigenvalue weighted by molar-refractivity contribution is 7.91. The molecule has 0 radical (unpaired) electrons. The van der Waals surface area contributed by atoms with E-state index < -0.39 is 16.0 Å². The van der Waals surface area contributed by atoms with E-state index in [0.717, 1.165) is 42.1 Å². The van der Waals surface area contributed by atoms with Crippen molar-refractivity contribution in [1.82, 2.24) is 14.9 Å². The third-order valence-electron chi connectivity index (χ3n) is 4.39. The predicted octanol–water partition coefficient (Wildman–Crippen LogP) is 0.465. The number of nitrogens with one attached hydrogen (secondary N) is 2. The summed E-state index contributed by atoms with van der Waals surface area (Å²) in [5.74, 6) is -1.16. The molecule has 0 unspecified atom stereocenters. The Morgan fingerprint density at radius 3 is 2.74 bits per heavy atom. The number of piperidine rings is 1. The van der Waals surface area contributed by atoms with Gasteiger partial charge in [0, 0.05) is 17.5 Å². The van der Waals surface area contributed by atoms with Gasteiger partial charge >= 0.3 is 5.97 Å². The second-order valence-electron chi connectivity index (χ2n) is 6.10. The zero-order valence-corrected chi connectivity index (χ0v) is 14.6. The summed E-state index contributed by atoms with van der Waals surface area (Å²) in [6, 6.07) is -0.130. The number of hydrogen-bond donors (Lipinski definition) is 3. The molecule has 1 aromatic heterocycles. The topological polar surface area (TPSA) is 98.7 Å². The fraction of sp³-hybridized carbons (Fsp3) is 0.643. The quantitative estimate of drug-likeness (QED) is 0.723. The van der Waals surface area contributed by atoms with Crippen molar-refractivity contribution in [3.63, 3.8) is 0 Å². The van der Waals surface area contributed by atoms with E-state index in [1.165, 1.54) is 0 Å². The molecule has 0 atom stereocenters. The Morgan fingerprint density at radius 2 is 2.09 bits per heavy atom. The van der Waals surface area contributed by atoms with Crippen molar-refractivity contribution in [2.24, 2.45) is 0 Å². The van der Waals surface area contributed by atoms with E-state index in [-0.39, 0.29) is 15.8 Å². The molecule has 9 heteroatoms. The SMILES string of the molecule is CN1CCC(NS(=O)(=O)c2sc3c(c2C(=O)O)CCNC3)CC1. The summed E-state index contributed by atoms with van der Waals surface area (Å²) in [4.78, 5) is 14.6. The normalized spacial score (nSPS) is 20.4. The number of rotatable bonds is 4. The first-order valence-corrected chi connectivity index (χ1v) is 9.98. The number of hydrogen-bond acceptors (Lipinski definition) is 6.